The zero-order valence-corrected chi connectivity index (χ0v) is 22.9. The average molecular weight is 575 g/mol. The Morgan fingerprint density at radius 3 is 2.45 bits per heavy atom. The smallest absolute Gasteiger partial charge is 0.391 e. The molecule has 208 valence electrons. The third-order valence-corrected chi connectivity index (χ3v) is 7.23. The lowest BCUT2D eigenvalue weighted by Gasteiger charge is -2.38. The van der Waals surface area contributed by atoms with E-state index in [1.54, 1.807) is 42.2 Å². The Kier molecular flexibility index (Phi) is 9.60. The maximum absolute atomic E-state index is 13.5. The lowest BCUT2D eigenvalue weighted by atomic mass is 9.84. The fourth-order valence-electron chi connectivity index (χ4n) is 4.55. The van der Waals surface area contributed by atoms with Gasteiger partial charge >= 0.3 is 12.1 Å². The van der Waals surface area contributed by atoms with Gasteiger partial charge in [-0.15, -0.1) is 0 Å². The number of aryl methyl sites for hydroxylation is 1. The van der Waals surface area contributed by atoms with Crippen LogP contribution in [0.25, 0.3) is 0 Å². The summed E-state index contributed by atoms with van der Waals surface area (Å²) in [6.07, 6.45) is -3.37. The summed E-state index contributed by atoms with van der Waals surface area (Å²) in [6, 6.07) is 9.33. The van der Waals surface area contributed by atoms with E-state index in [2.05, 4.69) is 5.32 Å². The molecular formula is C27H31Cl2F3N2O4. The maximum Gasteiger partial charge on any atom is 0.391 e. The number of nitrogens with zero attached hydrogens (tertiary/aromatic N) is 1. The van der Waals surface area contributed by atoms with Gasteiger partial charge in [-0.2, -0.15) is 13.2 Å². The van der Waals surface area contributed by atoms with Crippen LogP contribution in [0, 0.1) is 12.8 Å². The number of carboxylic acids is 1. The fourth-order valence-corrected chi connectivity index (χ4v) is 5.01. The number of nitrogens with one attached hydrogen (secondary N) is 1. The molecule has 1 aliphatic carbocycles. The van der Waals surface area contributed by atoms with Gasteiger partial charge in [0.2, 0.25) is 5.91 Å². The molecule has 1 aliphatic rings. The van der Waals surface area contributed by atoms with Gasteiger partial charge < -0.3 is 15.2 Å². The van der Waals surface area contributed by atoms with E-state index in [0.717, 1.165) is 5.56 Å². The molecule has 1 saturated carbocycles. The van der Waals surface area contributed by atoms with E-state index >= 15 is 0 Å². The number of aliphatic carboxylic acids is 1. The summed E-state index contributed by atoms with van der Waals surface area (Å²) in [5.41, 5.74) is 0.352. The monoisotopic (exact) mass is 574 g/mol. The molecule has 2 atom stereocenters. The second kappa shape index (κ2) is 12.1. The van der Waals surface area contributed by atoms with Crippen LogP contribution in [-0.4, -0.2) is 46.2 Å². The number of alkyl halides is 3. The van der Waals surface area contributed by atoms with Crippen LogP contribution in [0.15, 0.2) is 36.4 Å². The zero-order valence-electron chi connectivity index (χ0n) is 21.4. The van der Waals surface area contributed by atoms with Crippen LogP contribution < -0.4 is 10.1 Å². The van der Waals surface area contributed by atoms with Crippen molar-refractivity contribution >= 4 is 40.8 Å². The van der Waals surface area contributed by atoms with Crippen molar-refractivity contribution in [3.8, 4) is 5.75 Å². The number of ether oxygens (including phenoxy) is 1. The highest BCUT2D eigenvalue weighted by Crippen LogP contribution is 2.39. The van der Waals surface area contributed by atoms with Crippen LogP contribution in [-0.2, 0) is 16.1 Å². The Morgan fingerprint density at radius 1 is 1.13 bits per heavy atom. The first-order valence-electron chi connectivity index (χ1n) is 12.2. The van der Waals surface area contributed by atoms with Gasteiger partial charge in [-0.1, -0.05) is 41.8 Å². The average Bonchev–Trinajstić information content (AvgIpc) is 2.81. The first-order valence-corrected chi connectivity index (χ1v) is 13.0. The van der Waals surface area contributed by atoms with Crippen LogP contribution in [0.2, 0.25) is 10.0 Å². The number of halogens is 5. The predicted octanol–water partition coefficient (Wildman–Crippen LogP) is 7.11. The normalized spacial score (nSPS) is 18.3. The highest BCUT2D eigenvalue weighted by molar-refractivity contribution is 6.36. The standard InChI is InChI=1S/C27H31Cl2F3N2O4/c1-16-11-17(7-10-23(16)38-26(2,3)25(36)37)14-34(20-6-4-5-18(12-20)27(30,31)32)15-24(35)33-22-9-8-19(28)13-21(22)29/h7-11,13,18,20H,4-6,12,14-15H2,1-3H3,(H,33,35)(H,36,37). The van der Waals surface area contributed by atoms with E-state index in [0.29, 0.717) is 34.9 Å². The molecule has 2 aromatic rings. The topological polar surface area (TPSA) is 78.9 Å². The van der Waals surface area contributed by atoms with Gasteiger partial charge in [-0.3, -0.25) is 9.69 Å². The number of hydrogen-bond donors (Lipinski definition) is 2. The van der Waals surface area contributed by atoms with E-state index in [1.165, 1.54) is 19.9 Å². The van der Waals surface area contributed by atoms with Gasteiger partial charge in [0.25, 0.3) is 0 Å². The van der Waals surface area contributed by atoms with Crippen molar-refractivity contribution in [1.82, 2.24) is 4.90 Å². The Morgan fingerprint density at radius 2 is 1.84 bits per heavy atom. The van der Waals surface area contributed by atoms with Crippen LogP contribution >= 0.6 is 23.2 Å². The van der Waals surface area contributed by atoms with Crippen molar-refractivity contribution in [1.29, 1.82) is 0 Å². The largest absolute Gasteiger partial charge is 0.478 e. The molecule has 0 radical (unpaired) electrons. The number of benzene rings is 2. The maximum atomic E-state index is 13.5. The van der Waals surface area contributed by atoms with Gasteiger partial charge in [0.1, 0.15) is 5.75 Å². The van der Waals surface area contributed by atoms with Gasteiger partial charge in [-0.05, 0) is 75.4 Å². The minimum absolute atomic E-state index is 0.0743. The highest BCUT2D eigenvalue weighted by atomic mass is 35.5. The molecule has 3 rings (SSSR count). The number of anilines is 1. The predicted molar refractivity (Wildman–Crippen MR) is 141 cm³/mol. The molecule has 2 aromatic carbocycles. The van der Waals surface area contributed by atoms with Crippen LogP contribution in [0.3, 0.4) is 0 Å². The molecule has 2 N–H and O–H groups in total. The summed E-state index contributed by atoms with van der Waals surface area (Å²) in [5.74, 6) is -2.57. The Balaban J connectivity index is 1.82. The number of carbonyl (C=O) groups excluding carboxylic acids is 1. The first kappa shape index (κ1) is 30.1. The molecule has 0 aromatic heterocycles. The van der Waals surface area contributed by atoms with Gasteiger partial charge in [0.05, 0.1) is 23.2 Å². The van der Waals surface area contributed by atoms with Crippen molar-refractivity contribution in [2.75, 3.05) is 11.9 Å². The quantitative estimate of drug-likeness (QED) is 0.333. The Labute approximate surface area is 230 Å². The van der Waals surface area contributed by atoms with E-state index < -0.39 is 35.6 Å². The summed E-state index contributed by atoms with van der Waals surface area (Å²) in [6.45, 7) is 4.72. The molecule has 0 heterocycles. The van der Waals surface area contributed by atoms with E-state index in [4.69, 9.17) is 27.9 Å². The summed E-state index contributed by atoms with van der Waals surface area (Å²) < 4.78 is 46.3. The van der Waals surface area contributed by atoms with E-state index in [1.807, 2.05) is 0 Å². The second-order valence-corrected chi connectivity index (χ2v) is 11.0. The third-order valence-electron chi connectivity index (χ3n) is 6.68. The molecule has 1 fully saturated rings. The van der Waals surface area contributed by atoms with E-state index in [-0.39, 0.29) is 31.0 Å². The summed E-state index contributed by atoms with van der Waals surface area (Å²) in [5, 5.41) is 12.7. The lowest BCUT2D eigenvalue weighted by Crippen LogP contribution is -2.44. The number of carboxylic acid groups (broad SMARTS) is 1. The molecule has 2 unspecified atom stereocenters. The molecule has 1 amide bonds. The van der Waals surface area contributed by atoms with Gasteiger partial charge in [0.15, 0.2) is 5.60 Å². The zero-order chi connectivity index (χ0) is 28.3. The first-order chi connectivity index (χ1) is 17.7. The van der Waals surface area contributed by atoms with Crippen LogP contribution in [0.4, 0.5) is 18.9 Å². The molecule has 0 spiro atoms. The number of carbonyl (C=O) groups is 2. The number of amides is 1. The summed E-state index contributed by atoms with van der Waals surface area (Å²) >= 11 is 12.1. The highest BCUT2D eigenvalue weighted by Gasteiger charge is 2.43. The van der Waals surface area contributed by atoms with Gasteiger partial charge in [-0.25, -0.2) is 4.79 Å². The lowest BCUT2D eigenvalue weighted by molar-refractivity contribution is -0.186. The molecule has 0 bridgehead atoms. The molecule has 0 aliphatic heterocycles. The van der Waals surface area contributed by atoms with Crippen molar-refractivity contribution in [3.05, 3.63) is 57.6 Å². The second-order valence-electron chi connectivity index (χ2n) is 10.2. The molecule has 38 heavy (non-hydrogen) atoms. The molecule has 0 saturated heterocycles. The fraction of sp³-hybridized carbons (Fsp3) is 0.481. The van der Waals surface area contributed by atoms with Crippen LogP contribution in [0.5, 0.6) is 5.75 Å². The minimum Gasteiger partial charge on any atom is -0.478 e. The molecule has 11 heteroatoms. The molecule has 6 nitrogen and oxygen atoms in total. The van der Waals surface area contributed by atoms with Crippen molar-refractivity contribution in [3.63, 3.8) is 0 Å². The SMILES string of the molecule is Cc1cc(CN(CC(=O)Nc2ccc(Cl)cc2Cl)C2CCCC(C(F)(F)F)C2)ccc1OC(C)(C)C(=O)O. The number of hydrogen-bond acceptors (Lipinski definition) is 4. The molecular weight excluding hydrogens is 544 g/mol. The van der Waals surface area contributed by atoms with Crippen LogP contribution in [0.1, 0.15) is 50.7 Å². The van der Waals surface area contributed by atoms with Crippen molar-refractivity contribution in [2.45, 2.75) is 70.8 Å². The number of rotatable bonds is 9. The Hall–Kier alpha value is -2.49. The van der Waals surface area contributed by atoms with E-state index in [9.17, 15) is 27.9 Å². The third kappa shape index (κ3) is 8.01. The van der Waals surface area contributed by atoms with Crippen molar-refractivity contribution in [2.24, 2.45) is 5.92 Å². The van der Waals surface area contributed by atoms with Gasteiger partial charge in [0, 0.05) is 17.6 Å². The summed E-state index contributed by atoms with van der Waals surface area (Å²) in [7, 11) is 0. The Bertz CT molecular complexity index is 1170. The summed E-state index contributed by atoms with van der Waals surface area (Å²) in [4.78, 5) is 26.2. The minimum atomic E-state index is -4.30. The van der Waals surface area contributed by atoms with Crippen molar-refractivity contribution < 1.29 is 32.6 Å².